The van der Waals surface area contributed by atoms with Crippen molar-refractivity contribution < 1.29 is 14.3 Å². The maximum atomic E-state index is 12.8. The highest BCUT2D eigenvalue weighted by Crippen LogP contribution is 2.24. The van der Waals surface area contributed by atoms with Crippen LogP contribution in [0.25, 0.3) is 0 Å². The third kappa shape index (κ3) is 6.80. The Bertz CT molecular complexity index is 714. The first-order valence-electron chi connectivity index (χ1n) is 8.69. The Morgan fingerprint density at radius 3 is 2.04 bits per heavy atom. The standard InChI is InChI=1S/C20H23N3O3S/c1-2-26-14-13-17(24)22-23-20(27)21-19(25)18(15-9-5-3-6-10-15)16-11-7-4-8-12-16/h3-12,18H,2,13-14H2,1H3,(H,22,24)(H2,21,23,25,27). The van der Waals surface area contributed by atoms with Gasteiger partial charge in [0.05, 0.1) is 18.9 Å². The molecule has 2 aromatic rings. The molecule has 0 saturated carbocycles. The summed E-state index contributed by atoms with van der Waals surface area (Å²) in [5.41, 5.74) is 6.69. The fourth-order valence-corrected chi connectivity index (χ4v) is 2.65. The molecule has 0 heterocycles. The Morgan fingerprint density at radius 1 is 0.963 bits per heavy atom. The summed E-state index contributed by atoms with van der Waals surface area (Å²) in [6.45, 7) is 2.74. The van der Waals surface area contributed by atoms with Gasteiger partial charge in [-0.25, -0.2) is 0 Å². The molecule has 7 heteroatoms. The summed E-state index contributed by atoms with van der Waals surface area (Å²) in [4.78, 5) is 24.5. The van der Waals surface area contributed by atoms with E-state index >= 15 is 0 Å². The van der Waals surface area contributed by atoms with E-state index in [4.69, 9.17) is 17.0 Å². The first-order chi connectivity index (χ1) is 13.1. The zero-order chi connectivity index (χ0) is 19.5. The molecule has 3 N–H and O–H groups in total. The molecule has 0 bridgehead atoms. The molecular weight excluding hydrogens is 362 g/mol. The molecule has 2 amide bonds. The van der Waals surface area contributed by atoms with E-state index in [2.05, 4.69) is 16.2 Å². The van der Waals surface area contributed by atoms with E-state index in [1.807, 2.05) is 67.6 Å². The Hall–Kier alpha value is -2.77. The van der Waals surface area contributed by atoms with E-state index in [1.165, 1.54) is 0 Å². The van der Waals surface area contributed by atoms with Crippen molar-refractivity contribution in [2.75, 3.05) is 13.2 Å². The van der Waals surface area contributed by atoms with Crippen LogP contribution >= 0.6 is 12.2 Å². The van der Waals surface area contributed by atoms with Crippen LogP contribution < -0.4 is 16.2 Å². The molecule has 0 aliphatic heterocycles. The lowest BCUT2D eigenvalue weighted by atomic mass is 9.90. The summed E-state index contributed by atoms with van der Waals surface area (Å²) in [5.74, 6) is -1.07. The molecule has 27 heavy (non-hydrogen) atoms. The van der Waals surface area contributed by atoms with Crippen LogP contribution in [0.5, 0.6) is 0 Å². The summed E-state index contributed by atoms with van der Waals surface area (Å²) in [5, 5.41) is 2.66. The smallest absolute Gasteiger partial charge is 0.240 e. The number of hydrazine groups is 1. The molecule has 2 aromatic carbocycles. The molecule has 142 valence electrons. The number of nitrogens with one attached hydrogen (secondary N) is 3. The lowest BCUT2D eigenvalue weighted by molar-refractivity contribution is -0.123. The second-order valence-electron chi connectivity index (χ2n) is 5.69. The van der Waals surface area contributed by atoms with Gasteiger partial charge in [-0.05, 0) is 30.3 Å². The minimum Gasteiger partial charge on any atom is -0.381 e. The largest absolute Gasteiger partial charge is 0.381 e. The normalized spacial score (nSPS) is 10.3. The van der Waals surface area contributed by atoms with E-state index < -0.39 is 5.92 Å². The van der Waals surface area contributed by atoms with Crippen molar-refractivity contribution in [2.45, 2.75) is 19.3 Å². The number of hydrogen-bond acceptors (Lipinski definition) is 4. The lowest BCUT2D eigenvalue weighted by Gasteiger charge is -2.18. The van der Waals surface area contributed by atoms with Gasteiger partial charge in [-0.2, -0.15) is 0 Å². The van der Waals surface area contributed by atoms with Crippen molar-refractivity contribution in [1.29, 1.82) is 0 Å². The van der Waals surface area contributed by atoms with Gasteiger partial charge in [0.15, 0.2) is 5.11 Å². The van der Waals surface area contributed by atoms with Crippen molar-refractivity contribution in [3.63, 3.8) is 0 Å². The lowest BCUT2D eigenvalue weighted by Crippen LogP contribution is -2.49. The average molecular weight is 385 g/mol. The Kier molecular flexibility index (Phi) is 8.41. The second-order valence-corrected chi connectivity index (χ2v) is 6.10. The van der Waals surface area contributed by atoms with Gasteiger partial charge in [0.1, 0.15) is 0 Å². The minimum absolute atomic E-state index is 0.0293. The van der Waals surface area contributed by atoms with Gasteiger partial charge < -0.3 is 10.1 Å². The number of thiocarbonyl (C=S) groups is 1. The summed E-state index contributed by atoms with van der Waals surface area (Å²) < 4.78 is 5.11. The molecule has 0 spiro atoms. The summed E-state index contributed by atoms with van der Waals surface area (Å²) >= 11 is 5.11. The van der Waals surface area contributed by atoms with Gasteiger partial charge in [-0.3, -0.25) is 20.4 Å². The van der Waals surface area contributed by atoms with E-state index in [-0.39, 0.29) is 23.3 Å². The summed E-state index contributed by atoms with van der Waals surface area (Å²) in [6, 6.07) is 18.9. The molecule has 0 saturated heterocycles. The second kappa shape index (κ2) is 11.1. The van der Waals surface area contributed by atoms with Crippen LogP contribution in [-0.4, -0.2) is 30.1 Å². The Balaban J connectivity index is 1.98. The third-order valence-electron chi connectivity index (χ3n) is 3.76. The first-order valence-corrected chi connectivity index (χ1v) is 9.10. The van der Waals surface area contributed by atoms with E-state index in [0.717, 1.165) is 11.1 Å². The van der Waals surface area contributed by atoms with Crippen LogP contribution in [0.15, 0.2) is 60.7 Å². The molecule has 0 fully saturated rings. The number of hydrogen-bond donors (Lipinski definition) is 3. The highest BCUT2D eigenvalue weighted by atomic mass is 32.1. The van der Waals surface area contributed by atoms with E-state index in [9.17, 15) is 9.59 Å². The fourth-order valence-electron chi connectivity index (χ4n) is 2.50. The zero-order valence-electron chi connectivity index (χ0n) is 15.1. The topological polar surface area (TPSA) is 79.5 Å². The molecular formula is C20H23N3O3S. The van der Waals surface area contributed by atoms with Crippen LogP contribution in [-0.2, 0) is 14.3 Å². The molecule has 0 aliphatic rings. The number of amides is 2. The van der Waals surface area contributed by atoms with Crippen molar-refractivity contribution in [3.8, 4) is 0 Å². The van der Waals surface area contributed by atoms with Crippen LogP contribution in [0.3, 0.4) is 0 Å². The predicted molar refractivity (Wildman–Crippen MR) is 108 cm³/mol. The van der Waals surface area contributed by atoms with Gasteiger partial charge in [0, 0.05) is 6.61 Å². The fraction of sp³-hybridized carbons (Fsp3) is 0.250. The Labute approximate surface area is 164 Å². The zero-order valence-corrected chi connectivity index (χ0v) is 15.9. The summed E-state index contributed by atoms with van der Waals surface area (Å²) in [6.07, 6.45) is 0.202. The molecule has 0 aromatic heterocycles. The van der Waals surface area contributed by atoms with Crippen LogP contribution in [0, 0.1) is 0 Å². The number of carbonyl (C=O) groups excluding carboxylic acids is 2. The SMILES string of the molecule is CCOCCC(=O)NNC(=S)NC(=O)C(c1ccccc1)c1ccccc1. The first kappa shape index (κ1) is 20.5. The van der Waals surface area contributed by atoms with Crippen LogP contribution in [0.4, 0.5) is 0 Å². The van der Waals surface area contributed by atoms with Gasteiger partial charge >= 0.3 is 0 Å². The predicted octanol–water partition coefficient (Wildman–Crippen LogP) is 2.27. The monoisotopic (exact) mass is 385 g/mol. The summed E-state index contributed by atoms with van der Waals surface area (Å²) in [7, 11) is 0. The molecule has 0 atom stereocenters. The maximum absolute atomic E-state index is 12.8. The average Bonchev–Trinajstić information content (AvgIpc) is 2.68. The Morgan fingerprint density at radius 2 is 1.52 bits per heavy atom. The van der Waals surface area contributed by atoms with E-state index in [0.29, 0.717) is 13.2 Å². The molecule has 0 radical (unpaired) electrons. The molecule has 2 rings (SSSR count). The maximum Gasteiger partial charge on any atom is 0.240 e. The third-order valence-corrected chi connectivity index (χ3v) is 3.96. The van der Waals surface area contributed by atoms with Gasteiger partial charge in [0.2, 0.25) is 11.8 Å². The van der Waals surface area contributed by atoms with E-state index in [1.54, 1.807) is 0 Å². The van der Waals surface area contributed by atoms with Gasteiger partial charge in [-0.1, -0.05) is 60.7 Å². The van der Waals surface area contributed by atoms with Crippen molar-refractivity contribution >= 4 is 29.1 Å². The van der Waals surface area contributed by atoms with Crippen LogP contribution in [0.2, 0.25) is 0 Å². The molecule has 0 aliphatic carbocycles. The highest BCUT2D eigenvalue weighted by molar-refractivity contribution is 7.80. The molecule has 0 unspecified atom stereocenters. The number of ether oxygens (including phenoxy) is 1. The quantitative estimate of drug-likeness (QED) is 0.387. The van der Waals surface area contributed by atoms with Crippen molar-refractivity contribution in [1.82, 2.24) is 16.2 Å². The van der Waals surface area contributed by atoms with Gasteiger partial charge in [0.25, 0.3) is 0 Å². The van der Waals surface area contributed by atoms with Crippen molar-refractivity contribution in [3.05, 3.63) is 71.8 Å². The van der Waals surface area contributed by atoms with Crippen LogP contribution in [0.1, 0.15) is 30.4 Å². The van der Waals surface area contributed by atoms with Crippen molar-refractivity contribution in [2.24, 2.45) is 0 Å². The number of rotatable bonds is 7. The molecule has 6 nitrogen and oxygen atoms in total. The minimum atomic E-state index is -0.513. The number of benzene rings is 2. The van der Waals surface area contributed by atoms with Gasteiger partial charge in [-0.15, -0.1) is 0 Å². The number of carbonyl (C=O) groups is 2. The highest BCUT2D eigenvalue weighted by Gasteiger charge is 2.23.